The maximum atomic E-state index is 14.3. The molecule has 4 aromatic carbocycles. The van der Waals surface area contributed by atoms with Crippen molar-refractivity contribution in [3.8, 4) is 0 Å². The van der Waals surface area contributed by atoms with Gasteiger partial charge in [0.05, 0.1) is 24.1 Å². The molecule has 0 saturated carbocycles. The molecule has 0 bridgehead atoms. The zero-order chi connectivity index (χ0) is 30.5. The van der Waals surface area contributed by atoms with Gasteiger partial charge in [-0.05, 0) is 34.2 Å². The fraction of sp³-hybridized carbons (Fsp3) is 0.250. The first kappa shape index (κ1) is 29.8. The molecule has 1 N–H and O–H groups in total. The highest BCUT2D eigenvalue weighted by molar-refractivity contribution is 9.10. The van der Waals surface area contributed by atoms with Crippen molar-refractivity contribution in [1.29, 1.82) is 0 Å². The van der Waals surface area contributed by atoms with E-state index in [1.54, 1.807) is 4.90 Å². The highest BCUT2D eigenvalue weighted by Gasteiger charge is 2.46. The first-order valence-corrected chi connectivity index (χ1v) is 15.7. The van der Waals surface area contributed by atoms with Gasteiger partial charge < -0.3 is 19.7 Å². The summed E-state index contributed by atoms with van der Waals surface area (Å²) < 4.78 is 12.2. The number of benzene rings is 4. The monoisotopic (exact) mass is 652 g/mol. The van der Waals surface area contributed by atoms with Crippen LogP contribution >= 0.6 is 15.9 Å². The molecule has 2 heterocycles. The Labute approximate surface area is 265 Å². The molecule has 6 rings (SSSR count). The van der Waals surface area contributed by atoms with Gasteiger partial charge in [-0.1, -0.05) is 131 Å². The van der Waals surface area contributed by atoms with Gasteiger partial charge in [0, 0.05) is 6.42 Å². The summed E-state index contributed by atoms with van der Waals surface area (Å²) in [5.74, 6) is -1.18. The zero-order valence-electron chi connectivity index (χ0n) is 24.1. The van der Waals surface area contributed by atoms with Crippen molar-refractivity contribution in [2.45, 2.75) is 41.9 Å². The van der Waals surface area contributed by atoms with Crippen LogP contribution in [-0.4, -0.2) is 52.8 Å². The number of carbonyl (C=O) groups excluding carboxylic acids is 3. The number of alkyl halides is 1. The summed E-state index contributed by atoms with van der Waals surface area (Å²) in [6.45, 7) is 0.234. The highest BCUT2D eigenvalue weighted by Crippen LogP contribution is 2.36. The largest absolute Gasteiger partial charge is 0.451 e. The predicted molar refractivity (Wildman–Crippen MR) is 170 cm³/mol. The van der Waals surface area contributed by atoms with Crippen molar-refractivity contribution in [3.63, 3.8) is 0 Å². The van der Waals surface area contributed by atoms with Crippen molar-refractivity contribution < 1.29 is 23.9 Å². The molecule has 4 aromatic rings. The van der Waals surface area contributed by atoms with Gasteiger partial charge in [0.15, 0.2) is 12.1 Å². The molecule has 0 aromatic heterocycles. The van der Waals surface area contributed by atoms with E-state index >= 15 is 0 Å². The van der Waals surface area contributed by atoms with E-state index in [0.29, 0.717) is 12.8 Å². The van der Waals surface area contributed by atoms with Crippen LogP contribution in [-0.2, 0) is 36.7 Å². The van der Waals surface area contributed by atoms with Gasteiger partial charge in [0.2, 0.25) is 11.8 Å². The number of nitrogens with one attached hydrogen (secondary N) is 1. The number of esters is 1. The van der Waals surface area contributed by atoms with Gasteiger partial charge in [0.1, 0.15) is 6.04 Å². The first-order valence-electron chi connectivity index (χ1n) is 14.8. The van der Waals surface area contributed by atoms with E-state index in [9.17, 15) is 14.4 Å². The number of rotatable bonds is 8. The van der Waals surface area contributed by atoms with E-state index in [1.165, 1.54) is 0 Å². The number of hydrogen-bond acceptors (Lipinski definition) is 5. The zero-order valence-corrected chi connectivity index (χ0v) is 25.6. The van der Waals surface area contributed by atoms with Crippen molar-refractivity contribution in [1.82, 2.24) is 10.2 Å². The highest BCUT2D eigenvalue weighted by atomic mass is 79.9. The number of morpholine rings is 1. The van der Waals surface area contributed by atoms with Gasteiger partial charge in [-0.2, -0.15) is 0 Å². The van der Waals surface area contributed by atoms with Crippen LogP contribution in [0, 0.1) is 0 Å². The van der Waals surface area contributed by atoms with Crippen LogP contribution < -0.4 is 5.32 Å². The second-order valence-corrected chi connectivity index (χ2v) is 12.2. The van der Waals surface area contributed by atoms with E-state index in [1.807, 2.05) is 115 Å². The molecule has 1 saturated heterocycles. The van der Waals surface area contributed by atoms with E-state index in [0.717, 1.165) is 27.8 Å². The number of nitrogens with zero attached hydrogens (tertiary/aromatic N) is 1. The van der Waals surface area contributed by atoms with Crippen molar-refractivity contribution in [2.75, 3.05) is 13.2 Å². The molecule has 2 aliphatic rings. The van der Waals surface area contributed by atoms with Crippen LogP contribution in [0.15, 0.2) is 115 Å². The Morgan fingerprint density at radius 1 is 0.841 bits per heavy atom. The molecular formula is C36H33BrN2O5. The Morgan fingerprint density at radius 2 is 1.43 bits per heavy atom. The Hall–Kier alpha value is -4.27. The minimum Gasteiger partial charge on any atom is -0.451 e. The molecule has 2 aliphatic heterocycles. The third kappa shape index (κ3) is 6.47. The topological polar surface area (TPSA) is 84.9 Å². The molecule has 0 spiro atoms. The van der Waals surface area contributed by atoms with Crippen LogP contribution in [0.1, 0.15) is 40.0 Å². The van der Waals surface area contributed by atoms with E-state index in [4.69, 9.17) is 9.47 Å². The molecule has 7 nitrogen and oxygen atoms in total. The lowest BCUT2D eigenvalue weighted by molar-refractivity contribution is -0.171. The third-order valence-corrected chi connectivity index (χ3v) is 8.92. The molecule has 44 heavy (non-hydrogen) atoms. The first-order chi connectivity index (χ1) is 21.5. The van der Waals surface area contributed by atoms with Gasteiger partial charge in [-0.25, -0.2) is 4.79 Å². The van der Waals surface area contributed by atoms with E-state index in [2.05, 4.69) is 21.2 Å². The van der Waals surface area contributed by atoms with Gasteiger partial charge in [-0.3, -0.25) is 9.59 Å². The van der Waals surface area contributed by atoms with Crippen molar-refractivity contribution in [3.05, 3.63) is 143 Å². The minimum atomic E-state index is -0.995. The summed E-state index contributed by atoms with van der Waals surface area (Å²) >= 11 is 3.52. The Bertz CT molecular complexity index is 1560. The number of amides is 2. The number of hydrogen-bond donors (Lipinski definition) is 1. The van der Waals surface area contributed by atoms with Crippen LogP contribution in [0.5, 0.6) is 0 Å². The van der Waals surface area contributed by atoms with Crippen LogP contribution in [0.4, 0.5) is 0 Å². The Balaban J connectivity index is 1.28. The van der Waals surface area contributed by atoms with Crippen LogP contribution in [0.25, 0.3) is 0 Å². The summed E-state index contributed by atoms with van der Waals surface area (Å²) in [5.41, 5.74) is 4.47. The molecule has 0 radical (unpaired) electrons. The number of halogens is 1. The second-order valence-electron chi connectivity index (χ2n) is 11.1. The number of carbonyl (C=O) groups is 3. The lowest BCUT2D eigenvalue weighted by Crippen LogP contribution is -2.59. The maximum Gasteiger partial charge on any atom is 0.332 e. The molecule has 8 heteroatoms. The van der Waals surface area contributed by atoms with Gasteiger partial charge in [0.25, 0.3) is 0 Å². The normalized spacial score (nSPS) is 20.2. The van der Waals surface area contributed by atoms with Gasteiger partial charge in [-0.15, -0.1) is 0 Å². The summed E-state index contributed by atoms with van der Waals surface area (Å²) in [6.07, 6.45) is 0.110. The average Bonchev–Trinajstić information content (AvgIpc) is 3.18. The third-order valence-electron chi connectivity index (χ3n) is 8.18. The molecule has 224 valence electrons. The summed E-state index contributed by atoms with van der Waals surface area (Å²) in [5, 5.41) is 2.98. The fourth-order valence-corrected chi connectivity index (χ4v) is 6.50. The molecule has 1 fully saturated rings. The molecular weight excluding hydrogens is 620 g/mol. The standard InChI is InChI=1S/C36H33BrN2O5/c37-29(20-24-12-4-1-5-13-24)34(40)38-30-21-27-18-10-11-19-28(27)31-22-43-23-32(39(31)35(30)41)36(42)44-33(25-14-6-2-7-15-25)26-16-8-3-9-17-26/h1-19,29-33H,20-23H2,(H,38,40)/t29-,30+,31-,32+/m1/s1. The predicted octanol–water partition coefficient (Wildman–Crippen LogP) is 5.34. The summed E-state index contributed by atoms with van der Waals surface area (Å²) in [4.78, 5) is 42.8. The van der Waals surface area contributed by atoms with Crippen molar-refractivity contribution in [2.24, 2.45) is 0 Å². The number of ether oxygens (including phenoxy) is 2. The maximum absolute atomic E-state index is 14.3. The SMILES string of the molecule is O=C(N[C@H]1Cc2ccccc2[C@H]2COC[C@@H](C(=O)OC(c3ccccc3)c3ccccc3)N2C1=O)[C@H](Br)Cc1ccccc1. The minimum absolute atomic E-state index is 0.00468. The summed E-state index contributed by atoms with van der Waals surface area (Å²) in [6, 6.07) is 34.2. The Kier molecular flexibility index (Phi) is 9.19. The fourth-order valence-electron chi connectivity index (χ4n) is 6.00. The molecule has 2 amide bonds. The Morgan fingerprint density at radius 3 is 2.09 bits per heavy atom. The lowest BCUT2D eigenvalue weighted by Gasteiger charge is -2.41. The van der Waals surface area contributed by atoms with Crippen molar-refractivity contribution >= 4 is 33.7 Å². The molecule has 0 unspecified atom stereocenters. The molecule has 0 aliphatic carbocycles. The lowest BCUT2D eigenvalue weighted by atomic mass is 9.96. The van der Waals surface area contributed by atoms with Crippen LogP contribution in [0.3, 0.4) is 0 Å². The van der Waals surface area contributed by atoms with E-state index in [-0.39, 0.29) is 25.0 Å². The second kappa shape index (κ2) is 13.6. The average molecular weight is 654 g/mol. The number of fused-ring (bicyclic) bond motifs is 3. The van der Waals surface area contributed by atoms with Crippen LogP contribution in [0.2, 0.25) is 0 Å². The molecule has 4 atom stereocenters. The van der Waals surface area contributed by atoms with Gasteiger partial charge >= 0.3 is 5.97 Å². The van der Waals surface area contributed by atoms with E-state index < -0.39 is 35.0 Å². The smallest absolute Gasteiger partial charge is 0.332 e. The summed E-state index contributed by atoms with van der Waals surface area (Å²) in [7, 11) is 0. The quantitative estimate of drug-likeness (QED) is 0.205.